The van der Waals surface area contributed by atoms with Gasteiger partial charge in [0.25, 0.3) is 5.91 Å². The number of nitrogens with one attached hydrogen (secondary N) is 2. The van der Waals surface area contributed by atoms with Gasteiger partial charge in [-0.05, 0) is 48.2 Å². The molecule has 3 rings (SSSR count). The lowest BCUT2D eigenvalue weighted by atomic mass is 9.87. The monoisotopic (exact) mass is 378 g/mol. The third-order valence-corrected chi connectivity index (χ3v) is 4.18. The Balaban J connectivity index is 1.77. The zero-order chi connectivity index (χ0) is 20.3. The average Bonchev–Trinajstić information content (AvgIpc) is 2.61. The smallest absolute Gasteiger partial charge is 0.274 e. The van der Waals surface area contributed by atoms with E-state index < -0.39 is 0 Å². The molecule has 144 valence electrons. The highest BCUT2D eigenvalue weighted by Gasteiger charge is 2.14. The second-order valence-electron chi connectivity index (χ2n) is 7.60. The highest BCUT2D eigenvalue weighted by atomic mass is 19.1. The Kier molecular flexibility index (Phi) is 5.40. The highest BCUT2D eigenvalue weighted by molar-refractivity contribution is 6.03. The van der Waals surface area contributed by atoms with Crippen LogP contribution in [0, 0.1) is 12.7 Å². The molecular weight excluding hydrogens is 355 g/mol. The predicted molar refractivity (Wildman–Crippen MR) is 110 cm³/mol. The third kappa shape index (κ3) is 4.91. The first-order chi connectivity index (χ1) is 13.2. The quantitative estimate of drug-likeness (QED) is 0.653. The van der Waals surface area contributed by atoms with Crippen molar-refractivity contribution in [2.24, 2.45) is 0 Å². The number of aryl methyl sites for hydroxylation is 1. The van der Waals surface area contributed by atoms with Crippen LogP contribution in [0.1, 0.15) is 42.6 Å². The summed E-state index contributed by atoms with van der Waals surface area (Å²) in [6, 6.07) is 15.3. The van der Waals surface area contributed by atoms with E-state index in [2.05, 4.69) is 41.4 Å². The number of halogens is 1. The molecule has 5 nitrogen and oxygen atoms in total. The van der Waals surface area contributed by atoms with Gasteiger partial charge in [-0.3, -0.25) is 4.79 Å². The van der Waals surface area contributed by atoms with Crippen molar-refractivity contribution in [3.8, 4) is 0 Å². The summed E-state index contributed by atoms with van der Waals surface area (Å²) in [5.74, 6) is 0.171. The maximum Gasteiger partial charge on any atom is 0.274 e. The number of hydrogen-bond acceptors (Lipinski definition) is 4. The number of hydrogen-bond donors (Lipinski definition) is 2. The van der Waals surface area contributed by atoms with Crippen molar-refractivity contribution < 1.29 is 9.18 Å². The first-order valence-corrected chi connectivity index (χ1v) is 9.01. The summed E-state index contributed by atoms with van der Waals surface area (Å²) in [4.78, 5) is 21.1. The van der Waals surface area contributed by atoms with Crippen LogP contribution in [0.25, 0.3) is 0 Å². The van der Waals surface area contributed by atoms with Crippen LogP contribution in [0.15, 0.2) is 54.6 Å². The standard InChI is InChI=1S/C22H23FN4O/c1-14-24-19(13-20(25-14)26-18-7-5-6-16(23)12-18)21(28)27-17-10-8-15(9-11-17)22(2,3)4/h5-13H,1-4H3,(H,27,28)(H,24,25,26). The number of amides is 1. The summed E-state index contributed by atoms with van der Waals surface area (Å²) in [5.41, 5.74) is 2.69. The molecule has 2 aromatic carbocycles. The lowest BCUT2D eigenvalue weighted by Gasteiger charge is -2.19. The molecule has 28 heavy (non-hydrogen) atoms. The zero-order valence-corrected chi connectivity index (χ0v) is 16.4. The maximum atomic E-state index is 13.4. The third-order valence-electron chi connectivity index (χ3n) is 4.18. The van der Waals surface area contributed by atoms with Gasteiger partial charge in [0, 0.05) is 17.4 Å². The van der Waals surface area contributed by atoms with Gasteiger partial charge in [-0.1, -0.05) is 39.0 Å². The second-order valence-corrected chi connectivity index (χ2v) is 7.60. The number of aromatic nitrogens is 2. The van der Waals surface area contributed by atoms with E-state index in [1.165, 1.54) is 23.8 Å². The molecule has 0 aliphatic carbocycles. The SMILES string of the molecule is Cc1nc(Nc2cccc(F)c2)cc(C(=O)Nc2ccc(C(C)(C)C)cc2)n1. The van der Waals surface area contributed by atoms with Crippen molar-refractivity contribution in [3.63, 3.8) is 0 Å². The van der Waals surface area contributed by atoms with E-state index >= 15 is 0 Å². The molecule has 0 bridgehead atoms. The minimum absolute atomic E-state index is 0.0454. The van der Waals surface area contributed by atoms with Gasteiger partial charge in [0.1, 0.15) is 23.2 Å². The molecule has 0 aliphatic rings. The number of carbonyl (C=O) groups excluding carboxylic acids is 1. The first-order valence-electron chi connectivity index (χ1n) is 9.01. The maximum absolute atomic E-state index is 13.4. The van der Waals surface area contributed by atoms with Crippen LogP contribution in [0.3, 0.4) is 0 Å². The summed E-state index contributed by atoms with van der Waals surface area (Å²) in [6.45, 7) is 8.11. The Bertz CT molecular complexity index is 994. The molecule has 0 aliphatic heterocycles. The lowest BCUT2D eigenvalue weighted by molar-refractivity contribution is 0.102. The molecule has 0 saturated carbocycles. The van der Waals surface area contributed by atoms with Gasteiger partial charge in [0.15, 0.2) is 0 Å². The molecule has 0 unspecified atom stereocenters. The van der Waals surface area contributed by atoms with E-state index in [-0.39, 0.29) is 22.8 Å². The van der Waals surface area contributed by atoms with E-state index in [9.17, 15) is 9.18 Å². The number of carbonyl (C=O) groups is 1. The number of anilines is 3. The molecule has 0 radical (unpaired) electrons. The highest BCUT2D eigenvalue weighted by Crippen LogP contribution is 2.24. The Labute approximate surface area is 164 Å². The van der Waals surface area contributed by atoms with E-state index in [1.54, 1.807) is 19.1 Å². The molecule has 2 N–H and O–H groups in total. The van der Waals surface area contributed by atoms with Crippen LogP contribution in [-0.2, 0) is 5.41 Å². The largest absolute Gasteiger partial charge is 0.340 e. The lowest BCUT2D eigenvalue weighted by Crippen LogP contribution is -2.16. The molecule has 3 aromatic rings. The fraction of sp³-hybridized carbons (Fsp3) is 0.227. The summed E-state index contributed by atoms with van der Waals surface area (Å²) in [6.07, 6.45) is 0. The number of rotatable bonds is 4. The molecular formula is C22H23FN4O. The van der Waals surface area contributed by atoms with Gasteiger partial charge in [-0.25, -0.2) is 14.4 Å². The molecule has 6 heteroatoms. The van der Waals surface area contributed by atoms with Gasteiger partial charge in [-0.2, -0.15) is 0 Å². The first kappa shape index (κ1) is 19.5. The van der Waals surface area contributed by atoms with Gasteiger partial charge in [0.05, 0.1) is 0 Å². The van der Waals surface area contributed by atoms with E-state index in [0.29, 0.717) is 23.0 Å². The molecule has 0 fully saturated rings. The fourth-order valence-corrected chi connectivity index (χ4v) is 2.71. The van der Waals surface area contributed by atoms with Crippen LogP contribution >= 0.6 is 0 Å². The molecule has 0 saturated heterocycles. The molecule has 0 atom stereocenters. The summed E-state index contributed by atoms with van der Waals surface area (Å²) < 4.78 is 13.4. The van der Waals surface area contributed by atoms with Gasteiger partial charge >= 0.3 is 0 Å². The van der Waals surface area contributed by atoms with Gasteiger partial charge in [0.2, 0.25) is 0 Å². The van der Waals surface area contributed by atoms with Crippen LogP contribution in [0.4, 0.5) is 21.6 Å². The van der Waals surface area contributed by atoms with Crippen molar-refractivity contribution in [2.45, 2.75) is 33.1 Å². The van der Waals surface area contributed by atoms with E-state index in [1.807, 2.05) is 24.3 Å². The summed E-state index contributed by atoms with van der Waals surface area (Å²) in [5, 5.41) is 5.84. The Morgan fingerprint density at radius 2 is 1.68 bits per heavy atom. The predicted octanol–water partition coefficient (Wildman–Crippen LogP) is 5.22. The summed E-state index contributed by atoms with van der Waals surface area (Å²) in [7, 11) is 0. The molecule has 1 aromatic heterocycles. The van der Waals surface area contributed by atoms with Gasteiger partial charge < -0.3 is 10.6 Å². The molecule has 1 amide bonds. The summed E-state index contributed by atoms with van der Waals surface area (Å²) >= 11 is 0. The van der Waals surface area contributed by atoms with Crippen molar-refractivity contribution in [1.82, 2.24) is 9.97 Å². The van der Waals surface area contributed by atoms with E-state index in [0.717, 1.165) is 0 Å². The minimum Gasteiger partial charge on any atom is -0.340 e. The van der Waals surface area contributed by atoms with Crippen LogP contribution in [0.5, 0.6) is 0 Å². The van der Waals surface area contributed by atoms with Crippen LogP contribution in [-0.4, -0.2) is 15.9 Å². The van der Waals surface area contributed by atoms with Crippen molar-refractivity contribution in [2.75, 3.05) is 10.6 Å². The van der Waals surface area contributed by atoms with Crippen molar-refractivity contribution in [1.29, 1.82) is 0 Å². The molecule has 0 spiro atoms. The topological polar surface area (TPSA) is 66.9 Å². The van der Waals surface area contributed by atoms with E-state index in [4.69, 9.17) is 0 Å². The van der Waals surface area contributed by atoms with Crippen LogP contribution in [0.2, 0.25) is 0 Å². The van der Waals surface area contributed by atoms with Crippen molar-refractivity contribution >= 4 is 23.1 Å². The Hall–Kier alpha value is -3.28. The van der Waals surface area contributed by atoms with Crippen molar-refractivity contribution in [3.05, 3.63) is 77.5 Å². The molecule has 1 heterocycles. The zero-order valence-electron chi connectivity index (χ0n) is 16.4. The van der Waals surface area contributed by atoms with Crippen LogP contribution < -0.4 is 10.6 Å². The second kappa shape index (κ2) is 7.76. The van der Waals surface area contributed by atoms with Gasteiger partial charge in [-0.15, -0.1) is 0 Å². The normalized spacial score (nSPS) is 11.2. The Morgan fingerprint density at radius 1 is 0.964 bits per heavy atom. The average molecular weight is 378 g/mol. The Morgan fingerprint density at radius 3 is 2.32 bits per heavy atom. The fourth-order valence-electron chi connectivity index (χ4n) is 2.71. The minimum atomic E-state index is -0.354. The number of nitrogens with zero attached hydrogens (tertiary/aromatic N) is 2. The number of benzene rings is 2.